The molecule has 2 aliphatic heterocycles. The fraction of sp³-hybridized carbons (Fsp3) is 0.458. The van der Waals surface area contributed by atoms with Gasteiger partial charge in [-0.15, -0.1) is 0 Å². The van der Waals surface area contributed by atoms with Crippen LogP contribution >= 0.6 is 0 Å². The molecule has 1 N–H and O–H groups in total. The zero-order chi connectivity index (χ0) is 23.6. The average molecular weight is 443 g/mol. The highest BCUT2D eigenvalue weighted by molar-refractivity contribution is 6.62. The monoisotopic (exact) mass is 443 g/mol. The smallest absolute Gasteiger partial charge is 0.492 e. The van der Waals surface area contributed by atoms with Crippen molar-refractivity contribution in [1.29, 1.82) is 0 Å². The lowest BCUT2D eigenvalue weighted by Crippen LogP contribution is -2.41. The van der Waals surface area contributed by atoms with Crippen LogP contribution in [0.15, 0.2) is 24.3 Å². The quantitative estimate of drug-likeness (QED) is 0.711. The Morgan fingerprint density at radius 3 is 2.25 bits per heavy atom. The second kappa shape index (κ2) is 7.28. The number of carbonyl (C=O) groups excluding carboxylic acids is 1. The summed E-state index contributed by atoms with van der Waals surface area (Å²) in [5.41, 5.74) is 0.306. The second-order valence-corrected chi connectivity index (χ2v) is 10.2. The zero-order valence-corrected chi connectivity index (χ0v) is 19.5. The van der Waals surface area contributed by atoms with Gasteiger partial charge in [0.1, 0.15) is 17.4 Å². The van der Waals surface area contributed by atoms with Crippen LogP contribution in [-0.2, 0) is 14.7 Å². The summed E-state index contributed by atoms with van der Waals surface area (Å²) in [4.78, 5) is 12.9. The van der Waals surface area contributed by atoms with E-state index in [0.717, 1.165) is 5.56 Å². The van der Waals surface area contributed by atoms with Gasteiger partial charge in [0.25, 0.3) is 5.91 Å². The first-order chi connectivity index (χ1) is 14.7. The number of amides is 1. The van der Waals surface area contributed by atoms with Crippen molar-refractivity contribution in [2.24, 2.45) is 0 Å². The molecule has 0 radical (unpaired) electrons. The summed E-state index contributed by atoms with van der Waals surface area (Å²) >= 11 is 0. The Balaban J connectivity index is 1.65. The molecule has 2 aliphatic rings. The number of hydrogen-bond donors (Lipinski definition) is 1. The molecule has 0 saturated carbocycles. The van der Waals surface area contributed by atoms with Gasteiger partial charge in [-0.3, -0.25) is 4.79 Å². The number of carbonyl (C=O) groups is 1. The number of nitrogens with one attached hydrogen (secondary N) is 1. The first kappa shape index (κ1) is 22.7. The number of anilines is 1. The lowest BCUT2D eigenvalue weighted by atomic mass is 9.75. The van der Waals surface area contributed by atoms with Crippen molar-refractivity contribution in [3.05, 3.63) is 52.6 Å². The Kier molecular flexibility index (Phi) is 5.18. The summed E-state index contributed by atoms with van der Waals surface area (Å²) in [6.07, 6.45) is 0. The molecule has 8 heteroatoms. The molecule has 0 aliphatic carbocycles. The van der Waals surface area contributed by atoms with Gasteiger partial charge in [0.05, 0.1) is 23.4 Å². The zero-order valence-electron chi connectivity index (χ0n) is 19.5. The minimum absolute atomic E-state index is 0.165. The molecule has 2 aromatic carbocycles. The summed E-state index contributed by atoms with van der Waals surface area (Å²) in [7, 11) is -0.793. The van der Waals surface area contributed by atoms with Gasteiger partial charge >= 0.3 is 7.12 Å². The molecule has 0 bridgehead atoms. The van der Waals surface area contributed by atoms with E-state index >= 15 is 0 Å². The van der Waals surface area contributed by atoms with E-state index in [2.05, 4.69) is 5.32 Å². The van der Waals surface area contributed by atoms with Crippen molar-refractivity contribution in [2.75, 3.05) is 11.9 Å². The maximum Gasteiger partial charge on any atom is 0.495 e. The molecule has 2 heterocycles. The maximum absolute atomic E-state index is 14.8. The van der Waals surface area contributed by atoms with Crippen LogP contribution in [0.2, 0.25) is 0 Å². The first-order valence-electron chi connectivity index (χ1n) is 10.7. The van der Waals surface area contributed by atoms with Crippen LogP contribution in [0.25, 0.3) is 0 Å². The van der Waals surface area contributed by atoms with Crippen LogP contribution in [0.3, 0.4) is 0 Å². The standard InChI is InChI=1S/C24H28BF2NO4/c1-13-17(25-31-23(4,5)24(6,7)32-25)8-14(26)9-19(13)28-21(29)15-10-20-16(11-18(15)27)22(2,3)12-30-20/h8-11H,12H2,1-7H3,(H,28,29). The van der Waals surface area contributed by atoms with Gasteiger partial charge < -0.3 is 19.4 Å². The molecule has 170 valence electrons. The molecule has 4 rings (SSSR count). The lowest BCUT2D eigenvalue weighted by Gasteiger charge is -2.32. The van der Waals surface area contributed by atoms with Gasteiger partial charge in [-0.2, -0.15) is 0 Å². The fourth-order valence-electron chi connectivity index (χ4n) is 3.95. The van der Waals surface area contributed by atoms with E-state index in [0.29, 0.717) is 23.4 Å². The fourth-order valence-corrected chi connectivity index (χ4v) is 3.95. The van der Waals surface area contributed by atoms with E-state index in [1.54, 1.807) is 6.92 Å². The van der Waals surface area contributed by atoms with Crippen molar-refractivity contribution in [3.63, 3.8) is 0 Å². The van der Waals surface area contributed by atoms with E-state index in [9.17, 15) is 13.6 Å². The third kappa shape index (κ3) is 3.69. The highest BCUT2D eigenvalue weighted by atomic mass is 19.1. The summed E-state index contributed by atoms with van der Waals surface area (Å²) in [5.74, 6) is -1.42. The van der Waals surface area contributed by atoms with Crippen LogP contribution < -0.4 is 15.5 Å². The molecule has 2 aromatic rings. The van der Waals surface area contributed by atoms with E-state index in [4.69, 9.17) is 14.0 Å². The Morgan fingerprint density at radius 2 is 1.62 bits per heavy atom. The third-order valence-corrected chi connectivity index (χ3v) is 6.80. The van der Waals surface area contributed by atoms with Crippen molar-refractivity contribution < 1.29 is 27.6 Å². The Morgan fingerprint density at radius 1 is 1.00 bits per heavy atom. The van der Waals surface area contributed by atoms with Crippen LogP contribution in [0.4, 0.5) is 14.5 Å². The number of benzene rings is 2. The maximum atomic E-state index is 14.8. The topological polar surface area (TPSA) is 56.8 Å². The largest absolute Gasteiger partial charge is 0.495 e. The molecule has 1 saturated heterocycles. The van der Waals surface area contributed by atoms with Gasteiger partial charge in [-0.25, -0.2) is 8.78 Å². The SMILES string of the molecule is Cc1c(NC(=O)c2cc3c(cc2F)C(C)(C)CO3)cc(F)cc1B1OC(C)(C)C(C)(C)O1. The Labute approximate surface area is 187 Å². The van der Waals surface area contributed by atoms with Gasteiger partial charge in [-0.05, 0) is 69.9 Å². The van der Waals surface area contributed by atoms with Crippen LogP contribution in [0.5, 0.6) is 5.75 Å². The number of halogens is 2. The van der Waals surface area contributed by atoms with Gasteiger partial charge in [0.2, 0.25) is 0 Å². The van der Waals surface area contributed by atoms with Gasteiger partial charge in [-0.1, -0.05) is 13.8 Å². The number of fused-ring (bicyclic) bond motifs is 1. The molecule has 0 atom stereocenters. The normalized spacial score (nSPS) is 20.1. The summed E-state index contributed by atoms with van der Waals surface area (Å²) in [5, 5.41) is 2.64. The van der Waals surface area contributed by atoms with Crippen LogP contribution in [0, 0.1) is 18.6 Å². The Hall–Kier alpha value is -2.45. The predicted molar refractivity (Wildman–Crippen MR) is 120 cm³/mol. The summed E-state index contributed by atoms with van der Waals surface area (Å²) < 4.78 is 47.0. The van der Waals surface area contributed by atoms with E-state index in [1.165, 1.54) is 24.3 Å². The molecule has 32 heavy (non-hydrogen) atoms. The first-order valence-corrected chi connectivity index (χ1v) is 10.7. The minimum Gasteiger partial charge on any atom is -0.492 e. The molecular weight excluding hydrogens is 415 g/mol. The lowest BCUT2D eigenvalue weighted by molar-refractivity contribution is 0.00578. The number of hydrogen-bond acceptors (Lipinski definition) is 4. The summed E-state index contributed by atoms with van der Waals surface area (Å²) in [6, 6.07) is 5.27. The van der Waals surface area contributed by atoms with E-state index in [-0.39, 0.29) is 16.7 Å². The number of ether oxygens (including phenoxy) is 1. The molecule has 1 fully saturated rings. The Bertz CT molecular complexity index is 1100. The van der Waals surface area contributed by atoms with Gasteiger partial charge in [0.15, 0.2) is 0 Å². The van der Waals surface area contributed by atoms with Crippen LogP contribution in [0.1, 0.15) is 63.0 Å². The third-order valence-electron chi connectivity index (χ3n) is 6.80. The van der Waals surface area contributed by atoms with Crippen molar-refractivity contribution in [2.45, 2.75) is 65.1 Å². The van der Waals surface area contributed by atoms with Crippen molar-refractivity contribution >= 4 is 24.2 Å². The molecular formula is C24H28BF2NO4. The van der Waals surface area contributed by atoms with Gasteiger partial charge in [0, 0.05) is 16.7 Å². The number of rotatable bonds is 3. The predicted octanol–water partition coefficient (Wildman–Crippen LogP) is 4.49. The molecule has 0 aromatic heterocycles. The molecule has 0 spiro atoms. The molecule has 0 unspecified atom stereocenters. The van der Waals surface area contributed by atoms with Crippen molar-refractivity contribution in [3.8, 4) is 5.75 Å². The van der Waals surface area contributed by atoms with Crippen molar-refractivity contribution in [1.82, 2.24) is 0 Å². The van der Waals surface area contributed by atoms with E-state index in [1.807, 2.05) is 41.5 Å². The second-order valence-electron chi connectivity index (χ2n) is 10.2. The summed E-state index contributed by atoms with van der Waals surface area (Å²) in [6.45, 7) is 13.7. The molecule has 1 amide bonds. The molecule has 5 nitrogen and oxygen atoms in total. The highest BCUT2D eigenvalue weighted by Crippen LogP contribution is 2.40. The average Bonchev–Trinajstić information content (AvgIpc) is 3.08. The van der Waals surface area contributed by atoms with Crippen LogP contribution in [-0.4, -0.2) is 30.8 Å². The highest BCUT2D eigenvalue weighted by Gasteiger charge is 2.52. The van der Waals surface area contributed by atoms with E-state index < -0.39 is 35.9 Å². The minimum atomic E-state index is -0.793.